The molecule has 0 saturated carbocycles. The molecule has 162 valence electrons. The molecule has 2 aliphatic rings. The van der Waals surface area contributed by atoms with E-state index in [4.69, 9.17) is 16.3 Å². The molecule has 0 spiro atoms. The highest BCUT2D eigenvalue weighted by Gasteiger charge is 2.34. The number of piperazine rings is 1. The van der Waals surface area contributed by atoms with Crippen LogP contribution in [0.25, 0.3) is 0 Å². The van der Waals surface area contributed by atoms with Gasteiger partial charge in [0.15, 0.2) is 9.84 Å². The van der Waals surface area contributed by atoms with Gasteiger partial charge in [-0.15, -0.1) is 11.3 Å². The van der Waals surface area contributed by atoms with Gasteiger partial charge in [0.05, 0.1) is 23.6 Å². The maximum Gasteiger partial charge on any atom is 0.228 e. The fraction of sp³-hybridized carbons (Fsp3) is 0.500. The fourth-order valence-corrected chi connectivity index (χ4v) is 6.43. The minimum Gasteiger partial charge on any atom is -0.486 e. The van der Waals surface area contributed by atoms with Crippen molar-refractivity contribution in [2.24, 2.45) is 0 Å². The van der Waals surface area contributed by atoms with Crippen LogP contribution in [0.4, 0.5) is 0 Å². The number of halogens is 1. The molecule has 0 aliphatic carbocycles. The molecule has 2 aliphatic heterocycles. The maximum absolute atomic E-state index is 12.7. The summed E-state index contributed by atoms with van der Waals surface area (Å²) in [5, 5.41) is 3.38. The Hall–Kier alpha value is -1.68. The predicted octanol–water partition coefficient (Wildman–Crippen LogP) is 2.25. The Balaban J connectivity index is 1.23. The lowest BCUT2D eigenvalue weighted by molar-refractivity contribution is -0.132. The summed E-state index contributed by atoms with van der Waals surface area (Å²) in [7, 11) is -2.88. The van der Waals surface area contributed by atoms with Gasteiger partial charge in [-0.3, -0.25) is 9.69 Å². The minimum atomic E-state index is -2.88. The van der Waals surface area contributed by atoms with E-state index in [1.807, 2.05) is 10.3 Å². The van der Waals surface area contributed by atoms with Crippen molar-refractivity contribution >= 4 is 38.7 Å². The highest BCUT2D eigenvalue weighted by molar-refractivity contribution is 7.91. The second-order valence-electron chi connectivity index (χ2n) is 7.63. The first-order valence-corrected chi connectivity index (χ1v) is 13.0. The Morgan fingerprint density at radius 1 is 1.20 bits per heavy atom. The zero-order chi connectivity index (χ0) is 21.1. The van der Waals surface area contributed by atoms with E-state index in [1.165, 1.54) is 11.3 Å². The maximum atomic E-state index is 12.7. The van der Waals surface area contributed by atoms with Gasteiger partial charge in [0.1, 0.15) is 17.4 Å². The van der Waals surface area contributed by atoms with Crippen molar-refractivity contribution in [2.75, 3.05) is 37.7 Å². The number of ether oxygens (including phenoxy) is 1. The first kappa shape index (κ1) is 21.5. The standard InChI is InChI=1S/C20H24ClN3O4S2/c21-15-1-3-18(4-2-15)28-12-19-22-16(13-29-19)11-20(25)24-8-6-23(7-9-24)17-5-10-30(26,27)14-17/h1-4,13,17H,5-12,14H2. The number of aromatic nitrogens is 1. The van der Waals surface area contributed by atoms with Crippen LogP contribution in [-0.2, 0) is 27.7 Å². The van der Waals surface area contributed by atoms with Gasteiger partial charge in [-0.25, -0.2) is 13.4 Å². The highest BCUT2D eigenvalue weighted by atomic mass is 35.5. The molecule has 1 aromatic carbocycles. The smallest absolute Gasteiger partial charge is 0.228 e. The van der Waals surface area contributed by atoms with Crippen LogP contribution in [0.3, 0.4) is 0 Å². The van der Waals surface area contributed by atoms with Crippen LogP contribution in [0.15, 0.2) is 29.6 Å². The molecular formula is C20H24ClN3O4S2. The first-order chi connectivity index (χ1) is 14.4. The van der Waals surface area contributed by atoms with Crippen molar-refractivity contribution in [3.63, 3.8) is 0 Å². The third-order valence-electron chi connectivity index (χ3n) is 5.50. The van der Waals surface area contributed by atoms with E-state index >= 15 is 0 Å². The van der Waals surface area contributed by atoms with Gasteiger partial charge >= 0.3 is 0 Å². The molecule has 1 amide bonds. The summed E-state index contributed by atoms with van der Waals surface area (Å²) in [6, 6.07) is 7.26. The van der Waals surface area contributed by atoms with Gasteiger partial charge in [0, 0.05) is 42.6 Å². The highest BCUT2D eigenvalue weighted by Crippen LogP contribution is 2.21. The number of nitrogens with zero attached hydrogens (tertiary/aromatic N) is 3. The number of hydrogen-bond acceptors (Lipinski definition) is 7. The topological polar surface area (TPSA) is 79.8 Å². The molecule has 1 aromatic heterocycles. The lowest BCUT2D eigenvalue weighted by Gasteiger charge is -2.37. The quantitative estimate of drug-likeness (QED) is 0.645. The summed E-state index contributed by atoms with van der Waals surface area (Å²) >= 11 is 7.35. The predicted molar refractivity (Wildman–Crippen MR) is 117 cm³/mol. The van der Waals surface area contributed by atoms with Crippen molar-refractivity contribution in [3.8, 4) is 5.75 Å². The lowest BCUT2D eigenvalue weighted by atomic mass is 10.2. The summed E-state index contributed by atoms with van der Waals surface area (Å²) in [6.07, 6.45) is 0.977. The number of hydrogen-bond donors (Lipinski definition) is 0. The molecule has 7 nitrogen and oxygen atoms in total. The van der Waals surface area contributed by atoms with E-state index in [1.54, 1.807) is 24.3 Å². The van der Waals surface area contributed by atoms with E-state index in [9.17, 15) is 13.2 Å². The van der Waals surface area contributed by atoms with Crippen LogP contribution < -0.4 is 4.74 Å². The summed E-state index contributed by atoms with van der Waals surface area (Å²) in [4.78, 5) is 21.2. The van der Waals surface area contributed by atoms with Crippen LogP contribution in [-0.4, -0.2) is 72.8 Å². The molecule has 2 aromatic rings. The van der Waals surface area contributed by atoms with Crippen LogP contribution >= 0.6 is 22.9 Å². The number of thiazole rings is 1. The Bertz CT molecular complexity index is 986. The van der Waals surface area contributed by atoms with Crippen molar-refractivity contribution in [2.45, 2.75) is 25.5 Å². The summed E-state index contributed by atoms with van der Waals surface area (Å²) in [5.41, 5.74) is 0.754. The number of carbonyl (C=O) groups is 1. The van der Waals surface area contributed by atoms with Crippen LogP contribution in [0.5, 0.6) is 5.75 Å². The van der Waals surface area contributed by atoms with E-state index in [2.05, 4.69) is 9.88 Å². The zero-order valence-corrected chi connectivity index (χ0v) is 18.9. The number of rotatable bonds is 6. The van der Waals surface area contributed by atoms with Gasteiger partial charge in [-0.1, -0.05) is 11.6 Å². The Labute approximate surface area is 185 Å². The minimum absolute atomic E-state index is 0.0594. The average molecular weight is 470 g/mol. The van der Waals surface area contributed by atoms with E-state index < -0.39 is 9.84 Å². The molecule has 2 fully saturated rings. The third-order valence-corrected chi connectivity index (χ3v) is 8.37. The number of carbonyl (C=O) groups excluding carboxylic acids is 1. The largest absolute Gasteiger partial charge is 0.486 e. The van der Waals surface area contributed by atoms with Gasteiger partial charge in [0.25, 0.3) is 0 Å². The van der Waals surface area contributed by atoms with Gasteiger partial charge in [-0.05, 0) is 30.7 Å². The van der Waals surface area contributed by atoms with Gasteiger partial charge in [0.2, 0.25) is 5.91 Å². The Kier molecular flexibility index (Phi) is 6.62. The average Bonchev–Trinajstić information content (AvgIpc) is 3.33. The van der Waals surface area contributed by atoms with Crippen LogP contribution in [0, 0.1) is 0 Å². The monoisotopic (exact) mass is 469 g/mol. The van der Waals surface area contributed by atoms with E-state index in [0.717, 1.165) is 29.5 Å². The second-order valence-corrected chi connectivity index (χ2v) is 11.2. The van der Waals surface area contributed by atoms with E-state index in [-0.39, 0.29) is 29.9 Å². The van der Waals surface area contributed by atoms with Crippen molar-refractivity contribution < 1.29 is 17.9 Å². The zero-order valence-electron chi connectivity index (χ0n) is 16.5. The van der Waals surface area contributed by atoms with Crippen molar-refractivity contribution in [3.05, 3.63) is 45.4 Å². The molecule has 1 atom stereocenters. The summed E-state index contributed by atoms with van der Waals surface area (Å²) < 4.78 is 29.1. The van der Waals surface area contributed by atoms with Gasteiger partial charge < -0.3 is 9.64 Å². The molecular weight excluding hydrogens is 446 g/mol. The molecule has 0 radical (unpaired) electrons. The Morgan fingerprint density at radius 3 is 2.60 bits per heavy atom. The lowest BCUT2D eigenvalue weighted by Crippen LogP contribution is -2.52. The first-order valence-electron chi connectivity index (χ1n) is 9.92. The molecule has 0 N–H and O–H groups in total. The molecule has 1 unspecified atom stereocenters. The Morgan fingerprint density at radius 2 is 1.93 bits per heavy atom. The summed E-state index contributed by atoms with van der Waals surface area (Å²) in [6.45, 7) is 3.06. The molecule has 3 heterocycles. The molecule has 0 bridgehead atoms. The fourth-order valence-electron chi connectivity index (χ4n) is 3.84. The molecule has 10 heteroatoms. The number of amides is 1. The normalized spacial score (nSPS) is 21.6. The number of sulfone groups is 1. The van der Waals surface area contributed by atoms with Gasteiger partial charge in [-0.2, -0.15) is 0 Å². The third kappa shape index (κ3) is 5.51. The van der Waals surface area contributed by atoms with Crippen molar-refractivity contribution in [1.82, 2.24) is 14.8 Å². The van der Waals surface area contributed by atoms with Crippen LogP contribution in [0.2, 0.25) is 5.02 Å². The van der Waals surface area contributed by atoms with E-state index in [0.29, 0.717) is 31.1 Å². The molecule has 30 heavy (non-hydrogen) atoms. The molecule has 4 rings (SSSR count). The number of benzene rings is 1. The second kappa shape index (κ2) is 9.21. The van der Waals surface area contributed by atoms with Crippen LogP contribution in [0.1, 0.15) is 17.1 Å². The summed E-state index contributed by atoms with van der Waals surface area (Å²) in [5.74, 6) is 1.31. The molecule has 2 saturated heterocycles. The van der Waals surface area contributed by atoms with Crippen molar-refractivity contribution in [1.29, 1.82) is 0 Å². The SMILES string of the molecule is O=C(Cc1csc(COc2ccc(Cl)cc2)n1)N1CCN(C2CCS(=O)(=O)C2)CC1.